The van der Waals surface area contributed by atoms with E-state index in [4.69, 9.17) is 9.84 Å². The molecule has 2 aromatic rings. The first-order chi connectivity index (χ1) is 8.95. The second-order valence-corrected chi connectivity index (χ2v) is 4.15. The largest absolute Gasteiger partial charge is 0.504 e. The predicted molar refractivity (Wildman–Crippen MR) is 68.6 cm³/mol. The monoisotopic (exact) mass is 262 g/mol. The fourth-order valence-corrected chi connectivity index (χ4v) is 1.97. The van der Waals surface area contributed by atoms with Crippen LogP contribution in [-0.2, 0) is 7.05 Å². The van der Waals surface area contributed by atoms with Gasteiger partial charge in [-0.05, 0) is 24.6 Å². The molecule has 0 amide bonds. The van der Waals surface area contributed by atoms with E-state index in [2.05, 4.69) is 5.10 Å². The highest BCUT2D eigenvalue weighted by molar-refractivity contribution is 5.88. The molecule has 1 heterocycles. The Morgan fingerprint density at radius 1 is 1.42 bits per heavy atom. The van der Waals surface area contributed by atoms with Crippen molar-refractivity contribution in [2.24, 2.45) is 7.05 Å². The van der Waals surface area contributed by atoms with Gasteiger partial charge in [-0.15, -0.1) is 0 Å². The topological polar surface area (TPSA) is 84.6 Å². The molecular weight excluding hydrogens is 248 g/mol. The minimum absolute atomic E-state index is 0.0255. The fourth-order valence-electron chi connectivity index (χ4n) is 1.97. The molecular formula is C13H14N2O4. The normalized spacial score (nSPS) is 10.5. The van der Waals surface area contributed by atoms with Crippen LogP contribution in [0.2, 0.25) is 0 Å². The van der Waals surface area contributed by atoms with E-state index in [-0.39, 0.29) is 11.4 Å². The molecule has 0 radical (unpaired) electrons. The van der Waals surface area contributed by atoms with Crippen molar-refractivity contribution in [3.8, 4) is 22.8 Å². The third-order valence-electron chi connectivity index (χ3n) is 2.92. The molecule has 0 atom stereocenters. The Labute approximate surface area is 109 Å². The van der Waals surface area contributed by atoms with E-state index < -0.39 is 5.97 Å². The third-order valence-corrected chi connectivity index (χ3v) is 2.92. The van der Waals surface area contributed by atoms with Crippen molar-refractivity contribution in [3.63, 3.8) is 0 Å². The average molecular weight is 262 g/mol. The molecule has 2 N–H and O–H groups in total. The first-order valence-electron chi connectivity index (χ1n) is 5.60. The van der Waals surface area contributed by atoms with Crippen molar-refractivity contribution in [2.75, 3.05) is 7.11 Å². The summed E-state index contributed by atoms with van der Waals surface area (Å²) >= 11 is 0. The SMILES string of the molecule is COc1ccc(C)c(-c2cc(C(=O)O)nn2C)c1O. The summed E-state index contributed by atoms with van der Waals surface area (Å²) in [6.07, 6.45) is 0. The predicted octanol–water partition coefficient (Wildman–Crippen LogP) is 1.81. The molecule has 2 rings (SSSR count). The molecule has 6 heteroatoms. The summed E-state index contributed by atoms with van der Waals surface area (Å²) in [7, 11) is 3.08. The number of phenols is 1. The van der Waals surface area contributed by atoms with Crippen LogP contribution in [0.3, 0.4) is 0 Å². The Bertz CT molecular complexity index is 646. The first-order valence-corrected chi connectivity index (χ1v) is 5.60. The van der Waals surface area contributed by atoms with Crippen LogP contribution in [0.1, 0.15) is 16.1 Å². The van der Waals surface area contributed by atoms with Crippen LogP contribution >= 0.6 is 0 Å². The zero-order valence-corrected chi connectivity index (χ0v) is 10.8. The molecule has 0 bridgehead atoms. The summed E-state index contributed by atoms with van der Waals surface area (Å²) < 4.78 is 6.48. The van der Waals surface area contributed by atoms with E-state index in [1.165, 1.54) is 17.9 Å². The highest BCUT2D eigenvalue weighted by Gasteiger charge is 2.19. The lowest BCUT2D eigenvalue weighted by atomic mass is 10.0. The molecule has 0 unspecified atom stereocenters. The van der Waals surface area contributed by atoms with E-state index >= 15 is 0 Å². The summed E-state index contributed by atoms with van der Waals surface area (Å²) in [6, 6.07) is 4.87. The van der Waals surface area contributed by atoms with Crippen LogP contribution in [0.15, 0.2) is 18.2 Å². The van der Waals surface area contributed by atoms with Gasteiger partial charge in [0.25, 0.3) is 0 Å². The summed E-state index contributed by atoms with van der Waals surface area (Å²) in [5.41, 5.74) is 1.77. The molecule has 6 nitrogen and oxygen atoms in total. The standard InChI is InChI=1S/C13H14N2O4/c1-7-4-5-10(19-3)12(16)11(7)9-6-8(13(17)18)14-15(9)2/h4-6,16H,1-3H3,(H,17,18). The molecule has 1 aromatic carbocycles. The molecule has 0 saturated heterocycles. The van der Waals surface area contributed by atoms with Gasteiger partial charge in [0, 0.05) is 12.6 Å². The quantitative estimate of drug-likeness (QED) is 0.881. The summed E-state index contributed by atoms with van der Waals surface area (Å²) in [6.45, 7) is 1.82. The van der Waals surface area contributed by atoms with Crippen molar-refractivity contribution in [1.82, 2.24) is 9.78 Å². The van der Waals surface area contributed by atoms with Gasteiger partial charge in [0.05, 0.1) is 12.8 Å². The van der Waals surface area contributed by atoms with Crippen molar-refractivity contribution >= 4 is 5.97 Å². The van der Waals surface area contributed by atoms with E-state index in [0.717, 1.165) is 5.56 Å². The van der Waals surface area contributed by atoms with E-state index in [1.807, 2.05) is 6.92 Å². The number of phenolic OH excluding ortho intramolecular Hbond substituents is 1. The number of methoxy groups -OCH3 is 1. The van der Waals surface area contributed by atoms with Crippen molar-refractivity contribution in [1.29, 1.82) is 0 Å². The number of hydrogen-bond acceptors (Lipinski definition) is 4. The lowest BCUT2D eigenvalue weighted by Crippen LogP contribution is -1.99. The Morgan fingerprint density at radius 2 is 2.11 bits per heavy atom. The third kappa shape index (κ3) is 2.12. The number of carbonyl (C=O) groups is 1. The molecule has 0 fully saturated rings. The average Bonchev–Trinajstić information content (AvgIpc) is 2.72. The number of aromatic nitrogens is 2. The number of hydrogen-bond donors (Lipinski definition) is 2. The van der Waals surface area contributed by atoms with E-state index in [1.54, 1.807) is 19.2 Å². The summed E-state index contributed by atoms with van der Waals surface area (Å²) in [5, 5.41) is 23.0. The van der Waals surface area contributed by atoms with Gasteiger partial charge < -0.3 is 14.9 Å². The van der Waals surface area contributed by atoms with Gasteiger partial charge in [-0.3, -0.25) is 4.68 Å². The van der Waals surface area contributed by atoms with Crippen LogP contribution in [0.25, 0.3) is 11.3 Å². The molecule has 0 aliphatic carbocycles. The summed E-state index contributed by atoms with van der Waals surface area (Å²) in [5.74, 6) is -0.803. The van der Waals surface area contributed by atoms with Gasteiger partial charge >= 0.3 is 5.97 Å². The van der Waals surface area contributed by atoms with Gasteiger partial charge in [-0.25, -0.2) is 4.79 Å². The number of aromatic hydroxyl groups is 1. The van der Waals surface area contributed by atoms with Crippen LogP contribution in [-0.4, -0.2) is 33.1 Å². The zero-order valence-electron chi connectivity index (χ0n) is 10.8. The van der Waals surface area contributed by atoms with Gasteiger partial charge in [0.1, 0.15) is 0 Å². The molecule has 1 aromatic heterocycles. The van der Waals surface area contributed by atoms with Crippen molar-refractivity contribution in [2.45, 2.75) is 6.92 Å². The van der Waals surface area contributed by atoms with E-state index in [9.17, 15) is 9.90 Å². The Kier molecular flexibility index (Phi) is 3.16. The maximum atomic E-state index is 10.9. The number of nitrogens with zero attached hydrogens (tertiary/aromatic N) is 2. The second-order valence-electron chi connectivity index (χ2n) is 4.15. The van der Waals surface area contributed by atoms with Crippen LogP contribution in [0.5, 0.6) is 11.5 Å². The number of carboxylic acid groups (broad SMARTS) is 1. The summed E-state index contributed by atoms with van der Waals surface area (Å²) in [4.78, 5) is 10.9. The highest BCUT2D eigenvalue weighted by Crippen LogP contribution is 2.39. The lowest BCUT2D eigenvalue weighted by molar-refractivity contribution is 0.0689. The van der Waals surface area contributed by atoms with Gasteiger partial charge in [0.15, 0.2) is 17.2 Å². The second kappa shape index (κ2) is 4.64. The first kappa shape index (κ1) is 12.9. The minimum atomic E-state index is -1.11. The maximum absolute atomic E-state index is 10.9. The van der Waals surface area contributed by atoms with Gasteiger partial charge in [-0.2, -0.15) is 5.10 Å². The van der Waals surface area contributed by atoms with Gasteiger partial charge in [-0.1, -0.05) is 6.07 Å². The number of aryl methyl sites for hydroxylation is 2. The molecule has 19 heavy (non-hydrogen) atoms. The fraction of sp³-hybridized carbons (Fsp3) is 0.231. The number of benzene rings is 1. The smallest absolute Gasteiger partial charge is 0.356 e. The van der Waals surface area contributed by atoms with Crippen molar-refractivity contribution in [3.05, 3.63) is 29.5 Å². The van der Waals surface area contributed by atoms with E-state index in [0.29, 0.717) is 17.0 Å². The number of rotatable bonds is 3. The number of aromatic carboxylic acids is 1. The van der Waals surface area contributed by atoms with Crippen LogP contribution in [0, 0.1) is 6.92 Å². The number of ether oxygens (including phenoxy) is 1. The van der Waals surface area contributed by atoms with Crippen LogP contribution in [0.4, 0.5) is 0 Å². The Balaban J connectivity index is 2.68. The molecule has 0 aliphatic heterocycles. The van der Waals surface area contributed by atoms with Gasteiger partial charge in [0.2, 0.25) is 0 Å². The molecule has 0 spiro atoms. The highest BCUT2D eigenvalue weighted by atomic mass is 16.5. The molecule has 0 aliphatic rings. The number of carboxylic acids is 1. The minimum Gasteiger partial charge on any atom is -0.504 e. The van der Waals surface area contributed by atoms with Crippen molar-refractivity contribution < 1.29 is 19.7 Å². The zero-order chi connectivity index (χ0) is 14.2. The molecule has 100 valence electrons. The Morgan fingerprint density at radius 3 is 2.63 bits per heavy atom. The lowest BCUT2D eigenvalue weighted by Gasteiger charge is -2.11. The molecule has 0 saturated carbocycles. The van der Waals surface area contributed by atoms with Crippen LogP contribution < -0.4 is 4.74 Å². The Hall–Kier alpha value is -2.50. The maximum Gasteiger partial charge on any atom is 0.356 e.